The highest BCUT2D eigenvalue weighted by molar-refractivity contribution is 9.10. The van der Waals surface area contributed by atoms with Crippen LogP contribution in [0.15, 0.2) is 45.4 Å². The zero-order valence-electron chi connectivity index (χ0n) is 18.2. The lowest BCUT2D eigenvalue weighted by atomic mass is 9.67. The minimum Gasteiger partial charge on any atom is -0.459 e. The molecular formula is C22H25BrN2O6. The molecule has 0 aromatic heterocycles. The van der Waals surface area contributed by atoms with E-state index in [1.54, 1.807) is 52.8 Å². The van der Waals surface area contributed by atoms with E-state index in [4.69, 9.17) is 19.9 Å². The molecule has 2 aliphatic rings. The first-order valence-corrected chi connectivity index (χ1v) is 10.5. The van der Waals surface area contributed by atoms with Crippen LogP contribution in [0.1, 0.15) is 47.1 Å². The molecule has 2 heterocycles. The van der Waals surface area contributed by atoms with Gasteiger partial charge in [0.05, 0.1) is 6.10 Å². The van der Waals surface area contributed by atoms with E-state index in [0.717, 1.165) is 0 Å². The molecule has 0 unspecified atom stereocenters. The number of fused-ring (bicyclic) bond motifs is 2. The van der Waals surface area contributed by atoms with E-state index in [-0.39, 0.29) is 22.7 Å². The van der Waals surface area contributed by atoms with Crippen molar-refractivity contribution >= 4 is 39.5 Å². The summed E-state index contributed by atoms with van der Waals surface area (Å²) >= 11 is 3.40. The molecule has 3 rings (SSSR count). The maximum Gasteiger partial charge on any atom is 0.339 e. The number of rotatable bonds is 3. The number of nitrogens with one attached hydrogen (secondary N) is 1. The van der Waals surface area contributed by atoms with Gasteiger partial charge in [-0.1, -0.05) is 15.9 Å². The van der Waals surface area contributed by atoms with E-state index in [1.807, 2.05) is 0 Å². The molecule has 2 aliphatic heterocycles. The van der Waals surface area contributed by atoms with Crippen LogP contribution in [-0.4, -0.2) is 29.6 Å². The van der Waals surface area contributed by atoms with Gasteiger partial charge in [-0.3, -0.25) is 0 Å². The van der Waals surface area contributed by atoms with Gasteiger partial charge in [-0.2, -0.15) is 0 Å². The summed E-state index contributed by atoms with van der Waals surface area (Å²) in [5, 5.41) is 2.94. The van der Waals surface area contributed by atoms with Crippen molar-refractivity contribution in [2.75, 3.05) is 5.32 Å². The largest absolute Gasteiger partial charge is 0.459 e. The Labute approximate surface area is 188 Å². The number of carbonyl (C=O) groups is 3. The van der Waals surface area contributed by atoms with E-state index < -0.39 is 35.0 Å². The zero-order valence-corrected chi connectivity index (χ0v) is 19.8. The van der Waals surface area contributed by atoms with Crippen molar-refractivity contribution in [2.45, 2.75) is 58.7 Å². The normalized spacial score (nSPS) is 20.6. The Morgan fingerprint density at radius 1 is 1.19 bits per heavy atom. The fraction of sp³-hybridized carbons (Fsp3) is 0.409. The van der Waals surface area contributed by atoms with Crippen molar-refractivity contribution in [2.24, 2.45) is 5.73 Å². The van der Waals surface area contributed by atoms with Gasteiger partial charge in [0.25, 0.3) is 0 Å². The molecule has 0 radical (unpaired) electrons. The van der Waals surface area contributed by atoms with Crippen molar-refractivity contribution in [3.8, 4) is 0 Å². The predicted molar refractivity (Wildman–Crippen MR) is 117 cm³/mol. The van der Waals surface area contributed by atoms with E-state index in [1.165, 1.54) is 6.92 Å². The zero-order chi connectivity index (χ0) is 23.3. The van der Waals surface area contributed by atoms with Crippen molar-refractivity contribution in [1.82, 2.24) is 0 Å². The quantitative estimate of drug-likeness (QED) is 0.486. The van der Waals surface area contributed by atoms with Crippen LogP contribution in [-0.2, 0) is 34.0 Å². The van der Waals surface area contributed by atoms with Gasteiger partial charge in [0.15, 0.2) is 5.41 Å². The Balaban J connectivity index is 2.37. The second-order valence-corrected chi connectivity index (χ2v) is 9.55. The van der Waals surface area contributed by atoms with Crippen LogP contribution in [0.3, 0.4) is 0 Å². The van der Waals surface area contributed by atoms with Gasteiger partial charge >= 0.3 is 17.9 Å². The standard InChI is InChI=1S/C22H25BrN2O6/c1-10(2)29-18(26)16-17(24)25-14-8-7-12(23)9-13(14)22(16)15(11(3)30-20(22)28)19(27)31-21(4,5)6/h7-10,25H,24H2,1-6H3/t22-/m0/s1. The fourth-order valence-corrected chi connectivity index (χ4v) is 4.11. The first-order valence-electron chi connectivity index (χ1n) is 9.74. The highest BCUT2D eigenvalue weighted by Crippen LogP contribution is 2.53. The third kappa shape index (κ3) is 3.82. The van der Waals surface area contributed by atoms with Crippen molar-refractivity contribution in [3.05, 3.63) is 51.0 Å². The second-order valence-electron chi connectivity index (χ2n) is 8.63. The van der Waals surface area contributed by atoms with Crippen LogP contribution in [0.5, 0.6) is 0 Å². The lowest BCUT2D eigenvalue weighted by Crippen LogP contribution is -2.48. The summed E-state index contributed by atoms with van der Waals surface area (Å²) < 4.78 is 17.0. The number of allylic oxidation sites excluding steroid dienone is 1. The minimum atomic E-state index is -1.94. The number of carbonyl (C=O) groups excluding carboxylic acids is 3. The number of benzene rings is 1. The van der Waals surface area contributed by atoms with Crippen LogP contribution in [0, 0.1) is 0 Å². The first kappa shape index (κ1) is 22.9. The molecule has 1 aromatic carbocycles. The van der Waals surface area contributed by atoms with Gasteiger partial charge in [0.1, 0.15) is 28.3 Å². The lowest BCUT2D eigenvalue weighted by Gasteiger charge is -2.37. The molecule has 9 heteroatoms. The van der Waals surface area contributed by atoms with Crippen molar-refractivity contribution in [3.63, 3.8) is 0 Å². The molecule has 0 aliphatic carbocycles. The van der Waals surface area contributed by atoms with Crippen LogP contribution in [0.2, 0.25) is 0 Å². The third-order valence-corrected chi connectivity index (χ3v) is 5.22. The maximum atomic E-state index is 13.4. The summed E-state index contributed by atoms with van der Waals surface area (Å²) in [6.45, 7) is 9.94. The number of hydrogen-bond acceptors (Lipinski definition) is 8. The molecule has 1 atom stereocenters. The van der Waals surface area contributed by atoms with Gasteiger partial charge in [-0.25, -0.2) is 14.4 Å². The molecule has 166 valence electrons. The maximum absolute atomic E-state index is 13.4. The van der Waals surface area contributed by atoms with Gasteiger partial charge in [-0.15, -0.1) is 0 Å². The highest BCUT2D eigenvalue weighted by atomic mass is 79.9. The summed E-state index contributed by atoms with van der Waals surface area (Å²) in [5.41, 5.74) is 3.91. The predicted octanol–water partition coefficient (Wildman–Crippen LogP) is 3.41. The smallest absolute Gasteiger partial charge is 0.339 e. The Kier molecular flexibility index (Phi) is 5.69. The summed E-state index contributed by atoms with van der Waals surface area (Å²) in [6.07, 6.45) is -0.485. The summed E-state index contributed by atoms with van der Waals surface area (Å²) in [5.74, 6) is -2.52. The van der Waals surface area contributed by atoms with Crippen LogP contribution < -0.4 is 11.1 Å². The van der Waals surface area contributed by atoms with Crippen LogP contribution in [0.4, 0.5) is 5.69 Å². The van der Waals surface area contributed by atoms with Crippen LogP contribution in [0.25, 0.3) is 0 Å². The topological polar surface area (TPSA) is 117 Å². The SMILES string of the molecule is CC1=C(C(=O)OC(C)(C)C)[C@]2(C(=O)O1)C(C(=O)OC(C)C)=C(N)Nc1ccc(Br)cc12. The molecule has 1 spiro atoms. The van der Waals surface area contributed by atoms with Crippen LogP contribution >= 0.6 is 15.9 Å². The minimum absolute atomic E-state index is 0.0368. The average Bonchev–Trinajstić information content (AvgIpc) is 2.84. The number of cyclic esters (lactones) is 1. The molecule has 0 amide bonds. The summed E-state index contributed by atoms with van der Waals surface area (Å²) in [4.78, 5) is 40.0. The molecule has 0 saturated carbocycles. The first-order chi connectivity index (χ1) is 14.3. The van der Waals surface area contributed by atoms with E-state index >= 15 is 0 Å². The Hall–Kier alpha value is -2.81. The van der Waals surface area contributed by atoms with Gasteiger partial charge < -0.3 is 25.3 Å². The molecule has 31 heavy (non-hydrogen) atoms. The number of esters is 3. The molecule has 3 N–H and O–H groups in total. The van der Waals surface area contributed by atoms with Gasteiger partial charge in [0.2, 0.25) is 0 Å². The number of halogens is 1. The average molecular weight is 493 g/mol. The molecule has 8 nitrogen and oxygen atoms in total. The van der Waals surface area contributed by atoms with Gasteiger partial charge in [0, 0.05) is 15.7 Å². The number of nitrogens with two attached hydrogens (primary N) is 1. The molecule has 0 bridgehead atoms. The van der Waals surface area contributed by atoms with Crippen molar-refractivity contribution in [1.29, 1.82) is 0 Å². The summed E-state index contributed by atoms with van der Waals surface area (Å²) in [7, 11) is 0. The number of ether oxygens (including phenoxy) is 3. The van der Waals surface area contributed by atoms with E-state index in [0.29, 0.717) is 15.7 Å². The third-order valence-electron chi connectivity index (χ3n) is 4.73. The molecular weight excluding hydrogens is 468 g/mol. The second kappa shape index (κ2) is 7.71. The Morgan fingerprint density at radius 2 is 1.84 bits per heavy atom. The number of hydrogen-bond donors (Lipinski definition) is 2. The molecule has 0 saturated heterocycles. The fourth-order valence-electron chi connectivity index (χ4n) is 3.75. The Morgan fingerprint density at radius 3 is 2.42 bits per heavy atom. The van der Waals surface area contributed by atoms with E-state index in [9.17, 15) is 14.4 Å². The Bertz CT molecular complexity index is 1050. The number of anilines is 1. The lowest BCUT2D eigenvalue weighted by molar-refractivity contribution is -0.152. The highest BCUT2D eigenvalue weighted by Gasteiger charge is 2.63. The summed E-state index contributed by atoms with van der Waals surface area (Å²) in [6, 6.07) is 5.07. The molecule has 0 fully saturated rings. The molecule has 1 aromatic rings. The monoisotopic (exact) mass is 492 g/mol. The van der Waals surface area contributed by atoms with E-state index in [2.05, 4.69) is 21.2 Å². The van der Waals surface area contributed by atoms with Gasteiger partial charge in [-0.05, 0) is 59.7 Å². The van der Waals surface area contributed by atoms with Crippen molar-refractivity contribution < 1.29 is 28.6 Å².